The predicted octanol–water partition coefficient (Wildman–Crippen LogP) is -2.98. The molecule has 3 atom stereocenters. The molecule has 6 N–H and O–H groups in total. The number of hydrogen-bond acceptors (Lipinski definition) is 5. The van der Waals surface area contributed by atoms with E-state index in [0.717, 1.165) is 0 Å². The van der Waals surface area contributed by atoms with Gasteiger partial charge < -0.3 is 26.2 Å². The van der Waals surface area contributed by atoms with Gasteiger partial charge in [0.25, 0.3) is 0 Å². The lowest BCUT2D eigenvalue weighted by atomic mass is 10.1. The Balaban J connectivity index is 3.69. The van der Waals surface area contributed by atoms with E-state index in [1.807, 2.05) is 0 Å². The Bertz CT molecular complexity index is 79.7. The van der Waals surface area contributed by atoms with Crippen LogP contribution < -0.4 is 5.73 Å². The third-order valence-corrected chi connectivity index (χ3v) is 1.22. The third-order valence-electron chi connectivity index (χ3n) is 1.22. The zero-order chi connectivity index (χ0) is 8.15. The molecule has 0 fully saturated rings. The molecule has 0 aliphatic heterocycles. The molecule has 0 aromatic heterocycles. The standard InChI is InChI=1S/C5H13NO4/c6-1-3(8)5(10)4(9)2-7/h3-5,7-10H,1-2,6H2/t3-,4-,5-/m0/s1. The molecule has 0 amide bonds. The van der Waals surface area contributed by atoms with E-state index < -0.39 is 24.9 Å². The highest BCUT2D eigenvalue weighted by molar-refractivity contribution is 4.74. The molecule has 0 aromatic carbocycles. The van der Waals surface area contributed by atoms with Crippen molar-refractivity contribution >= 4 is 0 Å². The van der Waals surface area contributed by atoms with E-state index in [1.54, 1.807) is 0 Å². The Hall–Kier alpha value is -0.200. The molecular formula is C5H13NO4. The van der Waals surface area contributed by atoms with Crippen molar-refractivity contribution in [2.75, 3.05) is 13.2 Å². The van der Waals surface area contributed by atoms with E-state index in [1.165, 1.54) is 0 Å². The Kier molecular flexibility index (Phi) is 4.50. The molecule has 0 unspecified atom stereocenters. The van der Waals surface area contributed by atoms with Crippen molar-refractivity contribution < 1.29 is 20.4 Å². The minimum atomic E-state index is -1.37. The molecule has 0 saturated heterocycles. The summed E-state index contributed by atoms with van der Waals surface area (Å²) in [6.45, 7) is -0.726. The van der Waals surface area contributed by atoms with E-state index in [-0.39, 0.29) is 6.54 Å². The van der Waals surface area contributed by atoms with Gasteiger partial charge in [0, 0.05) is 6.54 Å². The van der Waals surface area contributed by atoms with Gasteiger partial charge >= 0.3 is 0 Å². The summed E-state index contributed by atoms with van der Waals surface area (Å²) in [5.74, 6) is 0. The Morgan fingerprint density at radius 1 is 1.10 bits per heavy atom. The van der Waals surface area contributed by atoms with E-state index in [4.69, 9.17) is 26.2 Å². The normalized spacial score (nSPS) is 20.1. The molecule has 0 rings (SSSR count). The van der Waals surface area contributed by atoms with E-state index in [0.29, 0.717) is 0 Å². The maximum absolute atomic E-state index is 8.85. The molecule has 0 saturated carbocycles. The highest BCUT2D eigenvalue weighted by Gasteiger charge is 2.22. The third kappa shape index (κ3) is 2.59. The summed E-state index contributed by atoms with van der Waals surface area (Å²) in [5, 5.41) is 34.6. The van der Waals surface area contributed by atoms with Crippen LogP contribution in [0.25, 0.3) is 0 Å². The molecule has 0 bridgehead atoms. The van der Waals surface area contributed by atoms with Crippen molar-refractivity contribution in [3.8, 4) is 0 Å². The summed E-state index contributed by atoms with van der Waals surface area (Å²) in [4.78, 5) is 0. The molecule has 5 nitrogen and oxygen atoms in total. The average molecular weight is 151 g/mol. The first kappa shape index (κ1) is 9.80. The van der Waals surface area contributed by atoms with Crippen molar-refractivity contribution in [3.63, 3.8) is 0 Å². The molecule has 0 aliphatic carbocycles. The number of aliphatic hydroxyl groups is 4. The summed E-state index contributed by atoms with van der Waals surface area (Å²) < 4.78 is 0. The van der Waals surface area contributed by atoms with Crippen LogP contribution in [0.15, 0.2) is 0 Å². The molecule has 10 heavy (non-hydrogen) atoms. The van der Waals surface area contributed by atoms with Gasteiger partial charge in [0.15, 0.2) is 0 Å². The smallest absolute Gasteiger partial charge is 0.109 e. The Morgan fingerprint density at radius 3 is 1.90 bits per heavy atom. The van der Waals surface area contributed by atoms with Crippen molar-refractivity contribution in [3.05, 3.63) is 0 Å². The maximum Gasteiger partial charge on any atom is 0.109 e. The van der Waals surface area contributed by atoms with Gasteiger partial charge in [-0.3, -0.25) is 0 Å². The first-order chi connectivity index (χ1) is 4.63. The van der Waals surface area contributed by atoms with Gasteiger partial charge in [-0.25, -0.2) is 0 Å². The molecule has 0 heterocycles. The summed E-state index contributed by atoms with van der Waals surface area (Å²) in [6, 6.07) is 0. The molecular weight excluding hydrogens is 138 g/mol. The largest absolute Gasteiger partial charge is 0.394 e. The zero-order valence-electron chi connectivity index (χ0n) is 5.51. The Morgan fingerprint density at radius 2 is 1.60 bits per heavy atom. The quantitative estimate of drug-likeness (QED) is 0.295. The lowest BCUT2D eigenvalue weighted by molar-refractivity contribution is -0.0727. The van der Waals surface area contributed by atoms with Gasteiger partial charge in [-0.2, -0.15) is 0 Å². The topological polar surface area (TPSA) is 107 Å². The van der Waals surface area contributed by atoms with Crippen LogP contribution >= 0.6 is 0 Å². The molecule has 0 aromatic rings. The first-order valence-electron chi connectivity index (χ1n) is 2.98. The lowest BCUT2D eigenvalue weighted by Crippen LogP contribution is -2.43. The van der Waals surface area contributed by atoms with Crippen LogP contribution in [0.2, 0.25) is 0 Å². The molecule has 0 aliphatic rings. The van der Waals surface area contributed by atoms with Crippen molar-refractivity contribution in [2.45, 2.75) is 18.3 Å². The number of rotatable bonds is 4. The van der Waals surface area contributed by atoms with Crippen molar-refractivity contribution in [1.82, 2.24) is 0 Å². The van der Waals surface area contributed by atoms with Crippen molar-refractivity contribution in [1.29, 1.82) is 0 Å². The average Bonchev–Trinajstić information content (AvgIpc) is 2.00. The van der Waals surface area contributed by atoms with E-state index >= 15 is 0 Å². The SMILES string of the molecule is NC[C@H](O)[C@H](O)[C@@H](O)CO. The second-order valence-corrected chi connectivity index (χ2v) is 2.04. The Labute approximate surface area is 58.7 Å². The second-order valence-electron chi connectivity index (χ2n) is 2.04. The van der Waals surface area contributed by atoms with Crippen LogP contribution in [0.3, 0.4) is 0 Å². The summed E-state index contributed by atoms with van der Waals surface area (Å²) in [7, 11) is 0. The minimum absolute atomic E-state index is 0.141. The number of hydrogen-bond donors (Lipinski definition) is 5. The fourth-order valence-corrected chi connectivity index (χ4v) is 0.504. The predicted molar refractivity (Wildman–Crippen MR) is 34.2 cm³/mol. The minimum Gasteiger partial charge on any atom is -0.394 e. The van der Waals surface area contributed by atoms with Crippen LogP contribution in [0.4, 0.5) is 0 Å². The molecule has 0 radical (unpaired) electrons. The van der Waals surface area contributed by atoms with Crippen LogP contribution in [-0.4, -0.2) is 51.9 Å². The number of aliphatic hydroxyl groups excluding tert-OH is 4. The van der Waals surface area contributed by atoms with Gasteiger partial charge in [0.2, 0.25) is 0 Å². The summed E-state index contributed by atoms with van der Waals surface area (Å²) >= 11 is 0. The van der Waals surface area contributed by atoms with Gasteiger partial charge in [-0.05, 0) is 0 Å². The van der Waals surface area contributed by atoms with Crippen molar-refractivity contribution in [2.24, 2.45) is 5.73 Å². The number of nitrogens with two attached hydrogens (primary N) is 1. The highest BCUT2D eigenvalue weighted by atomic mass is 16.4. The van der Waals surface area contributed by atoms with Crippen LogP contribution in [-0.2, 0) is 0 Å². The lowest BCUT2D eigenvalue weighted by Gasteiger charge is -2.19. The monoisotopic (exact) mass is 151 g/mol. The fraction of sp³-hybridized carbons (Fsp3) is 1.00. The second kappa shape index (κ2) is 4.59. The van der Waals surface area contributed by atoms with Crippen LogP contribution in [0.5, 0.6) is 0 Å². The van der Waals surface area contributed by atoms with E-state index in [2.05, 4.69) is 0 Å². The molecule has 5 heteroatoms. The van der Waals surface area contributed by atoms with E-state index in [9.17, 15) is 0 Å². The first-order valence-corrected chi connectivity index (χ1v) is 2.98. The van der Waals surface area contributed by atoms with Gasteiger partial charge in [0.1, 0.15) is 12.2 Å². The van der Waals surface area contributed by atoms with Crippen LogP contribution in [0, 0.1) is 0 Å². The molecule has 62 valence electrons. The van der Waals surface area contributed by atoms with Gasteiger partial charge in [-0.15, -0.1) is 0 Å². The summed E-state index contributed by atoms with van der Waals surface area (Å²) in [6.07, 6.45) is -3.87. The van der Waals surface area contributed by atoms with Gasteiger partial charge in [-0.1, -0.05) is 0 Å². The maximum atomic E-state index is 8.85. The molecule has 0 spiro atoms. The zero-order valence-corrected chi connectivity index (χ0v) is 5.51. The highest BCUT2D eigenvalue weighted by Crippen LogP contribution is 1.97. The van der Waals surface area contributed by atoms with Crippen LogP contribution in [0.1, 0.15) is 0 Å². The summed E-state index contributed by atoms with van der Waals surface area (Å²) in [5.41, 5.74) is 4.96. The van der Waals surface area contributed by atoms with Gasteiger partial charge in [0.05, 0.1) is 12.7 Å². The fourth-order valence-electron chi connectivity index (χ4n) is 0.504.